The molecule has 1 amide bonds. The van der Waals surface area contributed by atoms with Crippen LogP contribution in [0.2, 0.25) is 0 Å². The highest BCUT2D eigenvalue weighted by Crippen LogP contribution is 2.35. The van der Waals surface area contributed by atoms with Gasteiger partial charge >= 0.3 is 12.1 Å². The van der Waals surface area contributed by atoms with Gasteiger partial charge in [-0.15, -0.1) is 0 Å². The van der Waals surface area contributed by atoms with E-state index in [9.17, 15) is 22.8 Å². The minimum absolute atomic E-state index is 0.0416. The Labute approximate surface area is 209 Å². The molecule has 0 bridgehead atoms. The zero-order chi connectivity index (χ0) is 26.7. The van der Waals surface area contributed by atoms with Crippen LogP contribution in [-0.4, -0.2) is 45.7 Å². The fraction of sp³-hybridized carbons (Fsp3) is 0.208. The van der Waals surface area contributed by atoms with E-state index < -0.39 is 24.1 Å². The third-order valence-electron chi connectivity index (χ3n) is 5.33. The van der Waals surface area contributed by atoms with E-state index in [1.807, 2.05) is 0 Å². The molecule has 0 saturated carbocycles. The maximum absolute atomic E-state index is 13.5. The van der Waals surface area contributed by atoms with Crippen LogP contribution in [0.3, 0.4) is 0 Å². The molecule has 0 spiro atoms. The molecular weight excluding hydrogens is 491 g/mol. The summed E-state index contributed by atoms with van der Waals surface area (Å²) < 4.78 is 45.4. The first kappa shape index (κ1) is 25.6. The van der Waals surface area contributed by atoms with Crippen LogP contribution in [0.15, 0.2) is 60.7 Å². The molecular formula is C24H22F3N7O3. The molecule has 0 aliphatic carbocycles. The summed E-state index contributed by atoms with van der Waals surface area (Å²) in [4.78, 5) is 36.5. The molecule has 0 radical (unpaired) electrons. The Morgan fingerprint density at radius 3 is 2.65 bits per heavy atom. The summed E-state index contributed by atoms with van der Waals surface area (Å²) in [7, 11) is 0. The first-order chi connectivity index (χ1) is 17.6. The highest BCUT2D eigenvalue weighted by molar-refractivity contribution is 5.94. The summed E-state index contributed by atoms with van der Waals surface area (Å²) in [5.41, 5.74) is 9.52. The van der Waals surface area contributed by atoms with Crippen LogP contribution < -0.4 is 21.5 Å². The first-order valence-electron chi connectivity index (χ1n) is 11.0. The van der Waals surface area contributed by atoms with E-state index in [0.717, 1.165) is 6.08 Å². The van der Waals surface area contributed by atoms with E-state index in [4.69, 9.17) is 10.5 Å². The van der Waals surface area contributed by atoms with E-state index in [1.165, 1.54) is 48.7 Å². The standard InChI is InChI=1S/C24H22F3N7O3/c1-3-37-22(36)16-8-15(10-29-11-16)18-12-30-23(31-17-6-4-5-14(9-17)20(28)35)32-21(18)34-13(2)7-19(33-34)24(25,26)27/h4-12,19,33H,3H2,1-2H3,(H2,28,35)(H,30,31,32). The van der Waals surface area contributed by atoms with Crippen molar-refractivity contribution < 1.29 is 27.5 Å². The van der Waals surface area contributed by atoms with Crippen LogP contribution in [0.1, 0.15) is 34.6 Å². The van der Waals surface area contributed by atoms with Gasteiger partial charge in [-0.1, -0.05) is 6.07 Å². The van der Waals surface area contributed by atoms with Crippen molar-refractivity contribution in [3.8, 4) is 11.1 Å². The molecule has 2 aromatic heterocycles. The lowest BCUT2D eigenvalue weighted by Crippen LogP contribution is -2.45. The quantitative estimate of drug-likeness (QED) is 0.404. The molecule has 3 heterocycles. The van der Waals surface area contributed by atoms with Gasteiger partial charge in [-0.05, 0) is 44.2 Å². The summed E-state index contributed by atoms with van der Waals surface area (Å²) in [5, 5.41) is 4.12. The predicted octanol–water partition coefficient (Wildman–Crippen LogP) is 3.72. The van der Waals surface area contributed by atoms with Crippen molar-refractivity contribution in [2.24, 2.45) is 5.73 Å². The summed E-state index contributed by atoms with van der Waals surface area (Å²) >= 11 is 0. The second-order valence-corrected chi connectivity index (χ2v) is 7.98. The number of hydrazine groups is 1. The number of hydrogen-bond acceptors (Lipinski definition) is 9. The molecule has 1 aliphatic heterocycles. The number of primary amides is 1. The van der Waals surface area contributed by atoms with Gasteiger partial charge in [0.15, 0.2) is 5.82 Å². The molecule has 10 nitrogen and oxygen atoms in total. The number of nitrogens with one attached hydrogen (secondary N) is 2. The fourth-order valence-electron chi connectivity index (χ4n) is 3.59. The molecule has 4 rings (SSSR count). The van der Waals surface area contributed by atoms with E-state index in [0.29, 0.717) is 16.8 Å². The maximum Gasteiger partial charge on any atom is 0.409 e. The summed E-state index contributed by atoms with van der Waals surface area (Å²) in [5.74, 6) is -1.11. The second-order valence-electron chi connectivity index (χ2n) is 7.98. The number of benzene rings is 1. The number of amides is 1. The normalized spacial score (nSPS) is 15.3. The van der Waals surface area contributed by atoms with Crippen LogP contribution in [0, 0.1) is 0 Å². The van der Waals surface area contributed by atoms with E-state index >= 15 is 0 Å². The van der Waals surface area contributed by atoms with Gasteiger partial charge in [0.25, 0.3) is 0 Å². The summed E-state index contributed by atoms with van der Waals surface area (Å²) in [6, 6.07) is 5.84. The minimum atomic E-state index is -4.54. The molecule has 4 N–H and O–H groups in total. The van der Waals surface area contributed by atoms with Crippen molar-refractivity contribution in [3.63, 3.8) is 0 Å². The summed E-state index contributed by atoms with van der Waals surface area (Å²) in [6.07, 6.45) is 0.644. The van der Waals surface area contributed by atoms with Crippen molar-refractivity contribution in [1.29, 1.82) is 0 Å². The molecule has 0 fully saturated rings. The Hall–Kier alpha value is -4.52. The van der Waals surface area contributed by atoms with Crippen LogP contribution in [0.5, 0.6) is 0 Å². The zero-order valence-electron chi connectivity index (χ0n) is 19.7. The average Bonchev–Trinajstić information content (AvgIpc) is 3.26. The molecule has 37 heavy (non-hydrogen) atoms. The minimum Gasteiger partial charge on any atom is -0.462 e. The number of esters is 1. The number of alkyl halides is 3. The Kier molecular flexibility index (Phi) is 7.07. The smallest absolute Gasteiger partial charge is 0.409 e. The third-order valence-corrected chi connectivity index (χ3v) is 5.33. The van der Waals surface area contributed by atoms with E-state index in [2.05, 4.69) is 25.7 Å². The molecule has 1 unspecified atom stereocenters. The topological polar surface area (TPSA) is 135 Å². The number of allylic oxidation sites excluding steroid dienone is 1. The zero-order valence-corrected chi connectivity index (χ0v) is 19.7. The lowest BCUT2D eigenvalue weighted by atomic mass is 10.1. The van der Waals surface area contributed by atoms with Gasteiger partial charge in [0.2, 0.25) is 11.9 Å². The summed E-state index contributed by atoms with van der Waals surface area (Å²) in [6.45, 7) is 3.33. The number of anilines is 3. The molecule has 192 valence electrons. The number of aromatic nitrogens is 3. The third kappa shape index (κ3) is 5.67. The molecule has 1 atom stereocenters. The monoisotopic (exact) mass is 513 g/mol. The Bertz CT molecular complexity index is 1380. The van der Waals surface area contributed by atoms with Gasteiger partial charge in [0.1, 0.15) is 6.04 Å². The predicted molar refractivity (Wildman–Crippen MR) is 129 cm³/mol. The number of carbonyl (C=O) groups is 2. The molecule has 1 aliphatic rings. The fourth-order valence-corrected chi connectivity index (χ4v) is 3.59. The van der Waals surface area contributed by atoms with Crippen molar-refractivity contribution in [3.05, 3.63) is 71.8 Å². The number of pyridine rings is 1. The second kappa shape index (κ2) is 10.2. The van der Waals surface area contributed by atoms with Crippen molar-refractivity contribution in [1.82, 2.24) is 20.4 Å². The highest BCUT2D eigenvalue weighted by atomic mass is 19.4. The van der Waals surface area contributed by atoms with Crippen LogP contribution >= 0.6 is 0 Å². The molecule has 13 heteroatoms. The number of nitrogens with zero attached hydrogens (tertiary/aromatic N) is 4. The SMILES string of the molecule is CCOC(=O)c1cncc(-c2cnc(Nc3cccc(C(N)=O)c3)nc2N2NC(C(F)(F)F)C=C2C)c1. The number of hydrogen-bond donors (Lipinski definition) is 3. The number of nitrogens with two attached hydrogens (primary N) is 1. The van der Waals surface area contributed by atoms with Gasteiger partial charge in [-0.2, -0.15) is 18.2 Å². The number of carbonyl (C=O) groups excluding carboxylic acids is 2. The Balaban J connectivity index is 1.77. The van der Waals surface area contributed by atoms with Gasteiger partial charge < -0.3 is 15.8 Å². The van der Waals surface area contributed by atoms with Gasteiger partial charge in [-0.3, -0.25) is 14.8 Å². The van der Waals surface area contributed by atoms with E-state index in [1.54, 1.807) is 19.1 Å². The van der Waals surface area contributed by atoms with Crippen LogP contribution in [-0.2, 0) is 4.74 Å². The van der Waals surface area contributed by atoms with Crippen molar-refractivity contribution in [2.45, 2.75) is 26.1 Å². The van der Waals surface area contributed by atoms with Gasteiger partial charge in [0.05, 0.1) is 12.2 Å². The first-order valence-corrected chi connectivity index (χ1v) is 11.0. The molecule has 3 aromatic rings. The number of ether oxygens (including phenoxy) is 1. The molecule has 0 saturated heterocycles. The number of halogens is 3. The van der Waals surface area contributed by atoms with E-state index in [-0.39, 0.29) is 35.2 Å². The number of rotatable bonds is 7. The van der Waals surface area contributed by atoms with Gasteiger partial charge in [-0.25, -0.2) is 15.2 Å². The average molecular weight is 513 g/mol. The Morgan fingerprint density at radius 1 is 1.19 bits per heavy atom. The lowest BCUT2D eigenvalue weighted by molar-refractivity contribution is -0.142. The molecule has 1 aromatic carbocycles. The highest BCUT2D eigenvalue weighted by Gasteiger charge is 2.43. The van der Waals surface area contributed by atoms with Gasteiger partial charge in [0, 0.05) is 46.7 Å². The van der Waals surface area contributed by atoms with Crippen LogP contribution in [0.4, 0.5) is 30.6 Å². The van der Waals surface area contributed by atoms with Crippen molar-refractivity contribution >= 4 is 29.3 Å². The lowest BCUT2D eigenvalue weighted by Gasteiger charge is -2.25. The maximum atomic E-state index is 13.5. The largest absolute Gasteiger partial charge is 0.462 e. The Morgan fingerprint density at radius 2 is 1.97 bits per heavy atom. The van der Waals surface area contributed by atoms with Crippen LogP contribution in [0.25, 0.3) is 11.1 Å². The van der Waals surface area contributed by atoms with Crippen molar-refractivity contribution in [2.75, 3.05) is 16.9 Å².